The largest absolute Gasteiger partial charge is 0.494 e. The van der Waals surface area contributed by atoms with Gasteiger partial charge in [0.2, 0.25) is 0 Å². The number of ether oxygens (including phenoxy) is 2. The molecule has 8 nitrogen and oxygen atoms in total. The van der Waals surface area contributed by atoms with E-state index in [1.807, 2.05) is 42.8 Å². The van der Waals surface area contributed by atoms with Gasteiger partial charge in [0.05, 0.1) is 36.7 Å². The molecule has 0 amide bonds. The van der Waals surface area contributed by atoms with E-state index in [1.54, 1.807) is 19.2 Å². The smallest absolute Gasteiger partial charge is 0.338 e. The summed E-state index contributed by atoms with van der Waals surface area (Å²) < 4.78 is 14.4. The Hall–Kier alpha value is -3.65. The fraction of sp³-hybridized carbons (Fsp3) is 0.261. The number of aromatic nitrogens is 4. The molecule has 3 aromatic heterocycles. The van der Waals surface area contributed by atoms with Crippen LogP contribution in [0.2, 0.25) is 0 Å². The summed E-state index contributed by atoms with van der Waals surface area (Å²) in [5, 5.41) is 0.982. The van der Waals surface area contributed by atoms with Crippen molar-refractivity contribution in [2.24, 2.45) is 12.8 Å². The molecule has 0 unspecified atom stereocenters. The number of benzene rings is 1. The Kier molecular flexibility index (Phi) is 5.24. The van der Waals surface area contributed by atoms with Crippen molar-refractivity contribution in [2.45, 2.75) is 19.5 Å². The summed E-state index contributed by atoms with van der Waals surface area (Å²) in [6.07, 6.45) is 1.82. The summed E-state index contributed by atoms with van der Waals surface area (Å²) in [6, 6.07) is 9.20. The minimum absolute atomic E-state index is 0.170. The van der Waals surface area contributed by atoms with Crippen LogP contribution in [-0.2, 0) is 18.3 Å². The summed E-state index contributed by atoms with van der Waals surface area (Å²) in [5.74, 6) is 0.821. The second-order valence-corrected chi connectivity index (χ2v) is 7.40. The highest BCUT2D eigenvalue weighted by Crippen LogP contribution is 2.34. The van der Waals surface area contributed by atoms with Crippen molar-refractivity contribution in [1.82, 2.24) is 19.1 Å². The van der Waals surface area contributed by atoms with E-state index in [0.717, 1.165) is 33.8 Å². The van der Waals surface area contributed by atoms with Crippen LogP contribution in [0.4, 0.5) is 0 Å². The van der Waals surface area contributed by atoms with E-state index in [9.17, 15) is 4.79 Å². The van der Waals surface area contributed by atoms with E-state index < -0.39 is 5.97 Å². The maximum Gasteiger partial charge on any atom is 0.338 e. The fourth-order valence-corrected chi connectivity index (χ4v) is 3.83. The first kappa shape index (κ1) is 20.6. The van der Waals surface area contributed by atoms with Gasteiger partial charge in [-0.1, -0.05) is 6.08 Å². The number of allylic oxidation sites excluding steroid dienone is 1. The number of carbonyl (C=O) groups is 1. The van der Waals surface area contributed by atoms with E-state index in [-0.39, 0.29) is 6.04 Å². The number of nitrogens with zero attached hydrogens (tertiary/aromatic N) is 4. The fourth-order valence-electron chi connectivity index (χ4n) is 3.83. The van der Waals surface area contributed by atoms with Gasteiger partial charge >= 0.3 is 5.97 Å². The van der Waals surface area contributed by atoms with Crippen LogP contribution in [0.25, 0.3) is 33.6 Å². The number of carbonyl (C=O) groups excluding carboxylic acids is 1. The maximum atomic E-state index is 12.1. The molecule has 0 saturated heterocycles. The molecule has 8 heteroatoms. The third-order valence-corrected chi connectivity index (χ3v) is 5.35. The third kappa shape index (κ3) is 3.34. The Morgan fingerprint density at radius 1 is 1.26 bits per heavy atom. The first-order chi connectivity index (χ1) is 14.9. The van der Waals surface area contributed by atoms with Crippen molar-refractivity contribution in [2.75, 3.05) is 14.2 Å². The Morgan fingerprint density at radius 2 is 2.03 bits per heavy atom. The molecule has 1 aromatic carbocycles. The summed E-state index contributed by atoms with van der Waals surface area (Å²) in [6.45, 7) is 6.36. The number of rotatable bonds is 6. The van der Waals surface area contributed by atoms with Gasteiger partial charge in [0, 0.05) is 25.0 Å². The molecule has 0 aliphatic carbocycles. The quantitative estimate of drug-likeness (QED) is 0.379. The predicted molar refractivity (Wildman–Crippen MR) is 120 cm³/mol. The molecular weight excluding hydrogens is 394 g/mol. The van der Waals surface area contributed by atoms with Gasteiger partial charge in [0.25, 0.3) is 0 Å². The van der Waals surface area contributed by atoms with Crippen molar-refractivity contribution in [3.63, 3.8) is 0 Å². The number of hydrogen-bond acceptors (Lipinski definition) is 6. The van der Waals surface area contributed by atoms with Crippen molar-refractivity contribution < 1.29 is 14.3 Å². The Bertz CT molecular complexity index is 1320. The van der Waals surface area contributed by atoms with E-state index in [0.29, 0.717) is 23.4 Å². The summed E-state index contributed by atoms with van der Waals surface area (Å²) in [5.41, 5.74) is 10.4. The SMILES string of the molecule is C=CCn1c(-c2nc3cc(C(=O)OC)cc(OC)c3n2C)cc2ccc([C@@H](C)N)nc21. The topological polar surface area (TPSA) is 97.2 Å². The highest BCUT2D eigenvalue weighted by Gasteiger charge is 2.21. The summed E-state index contributed by atoms with van der Waals surface area (Å²) in [7, 11) is 4.83. The zero-order valence-corrected chi connectivity index (χ0v) is 18.0. The van der Waals surface area contributed by atoms with Crippen LogP contribution in [0, 0.1) is 0 Å². The van der Waals surface area contributed by atoms with Crippen LogP contribution in [0.5, 0.6) is 5.75 Å². The molecule has 4 rings (SSSR count). The van der Waals surface area contributed by atoms with E-state index in [2.05, 4.69) is 11.1 Å². The number of aryl methyl sites for hydroxylation is 1. The first-order valence-electron chi connectivity index (χ1n) is 9.89. The van der Waals surface area contributed by atoms with Crippen molar-refractivity contribution >= 4 is 28.0 Å². The molecule has 0 fully saturated rings. The Balaban J connectivity index is 2.00. The van der Waals surface area contributed by atoms with Crippen molar-refractivity contribution in [3.8, 4) is 17.3 Å². The summed E-state index contributed by atoms with van der Waals surface area (Å²) >= 11 is 0. The van der Waals surface area contributed by atoms with E-state index >= 15 is 0 Å². The Labute approximate surface area is 179 Å². The average molecular weight is 419 g/mol. The molecule has 0 spiro atoms. The molecule has 1 atom stereocenters. The molecule has 0 saturated carbocycles. The number of pyridine rings is 1. The second kappa shape index (κ2) is 7.88. The second-order valence-electron chi connectivity index (χ2n) is 7.40. The standard InChI is InChI=1S/C23H25N5O3/c1-6-9-28-18(11-14-7-8-16(13(2)24)25-21(14)28)22-26-17-10-15(23(29)31-5)12-19(30-4)20(17)27(22)3/h6-8,10-13H,1,9,24H2,2-5H3/t13-/m1/s1. The van der Waals surface area contributed by atoms with Gasteiger partial charge < -0.3 is 24.3 Å². The molecule has 2 N–H and O–H groups in total. The lowest BCUT2D eigenvalue weighted by Crippen LogP contribution is -2.08. The van der Waals surface area contributed by atoms with Crippen LogP contribution in [0.15, 0.2) is 43.0 Å². The van der Waals surface area contributed by atoms with Gasteiger partial charge in [0.1, 0.15) is 16.9 Å². The number of esters is 1. The molecule has 3 heterocycles. The number of nitrogens with two attached hydrogens (primary N) is 1. The summed E-state index contributed by atoms with van der Waals surface area (Å²) in [4.78, 5) is 21.7. The van der Waals surface area contributed by atoms with Gasteiger partial charge in [-0.3, -0.25) is 0 Å². The molecule has 0 bridgehead atoms. The molecule has 0 radical (unpaired) electrons. The van der Waals surface area contributed by atoms with Crippen LogP contribution in [0.3, 0.4) is 0 Å². The van der Waals surface area contributed by atoms with Gasteiger partial charge in [-0.25, -0.2) is 14.8 Å². The van der Waals surface area contributed by atoms with E-state index in [1.165, 1.54) is 7.11 Å². The predicted octanol–water partition coefficient (Wildman–Crippen LogP) is 3.59. The lowest BCUT2D eigenvalue weighted by atomic mass is 10.2. The highest BCUT2D eigenvalue weighted by molar-refractivity contribution is 5.97. The van der Waals surface area contributed by atoms with Crippen LogP contribution in [0.1, 0.15) is 29.0 Å². The van der Waals surface area contributed by atoms with Crippen LogP contribution >= 0.6 is 0 Å². The Morgan fingerprint density at radius 3 is 2.68 bits per heavy atom. The van der Waals surface area contributed by atoms with Crippen LogP contribution < -0.4 is 10.5 Å². The first-order valence-corrected chi connectivity index (χ1v) is 9.89. The number of methoxy groups -OCH3 is 2. The number of imidazole rings is 1. The minimum atomic E-state index is -0.444. The van der Waals surface area contributed by atoms with E-state index in [4.69, 9.17) is 25.2 Å². The number of fused-ring (bicyclic) bond motifs is 2. The molecule has 4 aromatic rings. The third-order valence-electron chi connectivity index (χ3n) is 5.35. The lowest BCUT2D eigenvalue weighted by molar-refractivity contribution is 0.0600. The lowest BCUT2D eigenvalue weighted by Gasteiger charge is -2.10. The van der Waals surface area contributed by atoms with Gasteiger partial charge in [-0.2, -0.15) is 0 Å². The molecule has 31 heavy (non-hydrogen) atoms. The molecule has 0 aliphatic rings. The highest BCUT2D eigenvalue weighted by atomic mass is 16.5. The maximum absolute atomic E-state index is 12.1. The zero-order valence-electron chi connectivity index (χ0n) is 18.0. The van der Waals surface area contributed by atoms with Crippen LogP contribution in [-0.4, -0.2) is 39.3 Å². The molecule has 160 valence electrons. The monoisotopic (exact) mass is 419 g/mol. The molecule has 0 aliphatic heterocycles. The zero-order chi connectivity index (χ0) is 22.3. The minimum Gasteiger partial charge on any atom is -0.494 e. The van der Waals surface area contributed by atoms with Gasteiger partial charge in [-0.15, -0.1) is 6.58 Å². The van der Waals surface area contributed by atoms with Crippen molar-refractivity contribution in [3.05, 3.63) is 54.2 Å². The van der Waals surface area contributed by atoms with Gasteiger partial charge in [0.15, 0.2) is 5.82 Å². The number of hydrogen-bond donors (Lipinski definition) is 1. The molecular formula is C23H25N5O3. The normalized spacial score (nSPS) is 12.3. The van der Waals surface area contributed by atoms with Gasteiger partial charge in [-0.05, 0) is 37.3 Å². The average Bonchev–Trinajstić information content (AvgIpc) is 3.29. The van der Waals surface area contributed by atoms with Crippen molar-refractivity contribution in [1.29, 1.82) is 0 Å².